The molecule has 2 heterocycles. The summed E-state index contributed by atoms with van der Waals surface area (Å²) in [4.78, 5) is 0.680. The van der Waals surface area contributed by atoms with Crippen LogP contribution in [0.5, 0.6) is 0 Å². The van der Waals surface area contributed by atoms with Crippen molar-refractivity contribution in [1.29, 1.82) is 0 Å². The highest BCUT2D eigenvalue weighted by Gasteiger charge is 2.57. The molecule has 0 radical (unpaired) electrons. The number of rotatable bonds is 1. The van der Waals surface area contributed by atoms with E-state index in [-0.39, 0.29) is 5.71 Å². The van der Waals surface area contributed by atoms with Crippen LogP contribution in [0.1, 0.15) is 16.9 Å². The zero-order valence-corrected chi connectivity index (χ0v) is 11.3. The molecule has 0 saturated heterocycles. The minimum Gasteiger partial charge on any atom is -0.362 e. The maximum Gasteiger partial charge on any atom is 0.438 e. The number of thiophene rings is 1. The minimum atomic E-state index is -4.76. The van der Waals surface area contributed by atoms with Crippen LogP contribution in [-0.2, 0) is 0 Å². The monoisotopic (exact) mass is 300 g/mol. The second-order valence-electron chi connectivity index (χ2n) is 4.76. The molecule has 1 aromatic carbocycles. The van der Waals surface area contributed by atoms with Gasteiger partial charge in [-0.3, -0.25) is 5.43 Å². The van der Waals surface area contributed by atoms with Crippen LogP contribution in [0, 0.1) is 6.92 Å². The average Bonchev–Trinajstić information content (AvgIpc) is 2.92. The Labute approximate surface area is 116 Å². The Hall–Kier alpha value is -1.60. The number of nitrogens with zero attached hydrogens (tertiary/aromatic N) is 1. The van der Waals surface area contributed by atoms with Gasteiger partial charge in [0.05, 0.1) is 17.0 Å². The molecule has 0 bridgehead atoms. The van der Waals surface area contributed by atoms with Gasteiger partial charge in [0.1, 0.15) is 0 Å². The Morgan fingerprint density at radius 3 is 2.65 bits per heavy atom. The van der Waals surface area contributed by atoms with Crippen molar-refractivity contribution in [3.05, 3.63) is 34.7 Å². The highest BCUT2D eigenvalue weighted by atomic mass is 32.1. The summed E-state index contributed by atoms with van der Waals surface area (Å²) in [6.07, 6.45) is -5.34. The summed E-state index contributed by atoms with van der Waals surface area (Å²) in [5, 5.41) is 14.3. The van der Waals surface area contributed by atoms with Gasteiger partial charge in [-0.2, -0.15) is 18.3 Å². The lowest BCUT2D eigenvalue weighted by molar-refractivity contribution is -0.266. The van der Waals surface area contributed by atoms with Gasteiger partial charge in [0.25, 0.3) is 5.72 Å². The van der Waals surface area contributed by atoms with Gasteiger partial charge in [-0.25, -0.2) is 0 Å². The number of aryl methyl sites for hydroxylation is 1. The lowest BCUT2D eigenvalue weighted by atomic mass is 10.0. The Balaban J connectivity index is 2.00. The van der Waals surface area contributed by atoms with Crippen molar-refractivity contribution in [2.24, 2.45) is 5.10 Å². The second kappa shape index (κ2) is 4.20. The zero-order chi connectivity index (χ0) is 14.5. The van der Waals surface area contributed by atoms with Crippen LogP contribution in [0.25, 0.3) is 10.1 Å². The van der Waals surface area contributed by atoms with E-state index in [0.29, 0.717) is 4.88 Å². The van der Waals surface area contributed by atoms with Crippen LogP contribution in [0.3, 0.4) is 0 Å². The van der Waals surface area contributed by atoms with Gasteiger partial charge in [0.15, 0.2) is 0 Å². The van der Waals surface area contributed by atoms with E-state index < -0.39 is 18.3 Å². The summed E-state index contributed by atoms with van der Waals surface area (Å²) in [6.45, 7) is 1.85. The first-order valence-corrected chi connectivity index (χ1v) is 6.75. The predicted octanol–water partition coefficient (Wildman–Crippen LogP) is 3.16. The number of nitrogens with one attached hydrogen (secondary N) is 1. The van der Waals surface area contributed by atoms with E-state index in [1.165, 1.54) is 11.3 Å². The fourth-order valence-electron chi connectivity index (χ4n) is 2.23. The summed E-state index contributed by atoms with van der Waals surface area (Å²) < 4.78 is 39.3. The SMILES string of the molecule is Cc1c(C2=NN[C@@](O)(C(F)(F)F)C2)sc2ccccc12. The highest BCUT2D eigenvalue weighted by molar-refractivity contribution is 7.21. The standard InChI is InChI=1S/C13H11F3N2OS/c1-7-8-4-2-3-5-10(8)20-11(7)9-6-12(19,18-17-9)13(14,15)16/h2-5,18-19H,6H2,1H3/t12-/m0/s1. The highest BCUT2D eigenvalue weighted by Crippen LogP contribution is 2.38. The molecule has 20 heavy (non-hydrogen) atoms. The molecular weight excluding hydrogens is 289 g/mol. The molecule has 1 aromatic heterocycles. The van der Waals surface area contributed by atoms with E-state index in [1.807, 2.05) is 36.6 Å². The minimum absolute atomic E-state index is 0.239. The Kier molecular flexibility index (Phi) is 2.81. The Morgan fingerprint density at radius 1 is 1.35 bits per heavy atom. The molecule has 3 nitrogen and oxygen atoms in total. The quantitative estimate of drug-likeness (QED) is 0.849. The first kappa shape index (κ1) is 13.4. The molecule has 7 heteroatoms. The first-order chi connectivity index (χ1) is 9.32. The molecule has 0 saturated carbocycles. The molecule has 1 aliphatic rings. The number of hydrogen-bond acceptors (Lipinski definition) is 4. The van der Waals surface area contributed by atoms with Crippen LogP contribution in [-0.4, -0.2) is 22.7 Å². The van der Waals surface area contributed by atoms with E-state index in [4.69, 9.17) is 0 Å². The lowest BCUT2D eigenvalue weighted by Crippen LogP contribution is -2.52. The fraction of sp³-hybridized carbons (Fsp3) is 0.308. The number of benzene rings is 1. The molecule has 1 aliphatic heterocycles. The molecule has 0 aliphatic carbocycles. The summed E-state index contributed by atoms with van der Waals surface area (Å²) in [6, 6.07) is 7.59. The summed E-state index contributed by atoms with van der Waals surface area (Å²) in [5.41, 5.74) is -0.0230. The number of fused-ring (bicyclic) bond motifs is 1. The molecule has 106 valence electrons. The van der Waals surface area contributed by atoms with E-state index >= 15 is 0 Å². The number of hydrazone groups is 1. The van der Waals surface area contributed by atoms with Crippen LogP contribution in [0.2, 0.25) is 0 Å². The zero-order valence-electron chi connectivity index (χ0n) is 10.5. The van der Waals surface area contributed by atoms with Crippen molar-refractivity contribution >= 4 is 27.1 Å². The molecule has 2 aromatic rings. The van der Waals surface area contributed by atoms with Gasteiger partial charge in [-0.15, -0.1) is 11.3 Å². The smallest absolute Gasteiger partial charge is 0.362 e. The van der Waals surface area contributed by atoms with E-state index in [0.717, 1.165) is 15.6 Å². The predicted molar refractivity (Wildman–Crippen MR) is 71.9 cm³/mol. The fourth-order valence-corrected chi connectivity index (χ4v) is 3.42. The van der Waals surface area contributed by atoms with Crippen molar-refractivity contribution in [2.75, 3.05) is 0 Å². The normalized spacial score (nSPS) is 22.9. The maximum absolute atomic E-state index is 12.8. The van der Waals surface area contributed by atoms with Gasteiger partial charge in [-0.1, -0.05) is 18.2 Å². The summed E-state index contributed by atoms with van der Waals surface area (Å²) >= 11 is 1.38. The van der Waals surface area contributed by atoms with E-state index in [2.05, 4.69) is 5.10 Å². The van der Waals surface area contributed by atoms with Crippen molar-refractivity contribution in [1.82, 2.24) is 5.43 Å². The number of hydrogen-bond donors (Lipinski definition) is 2. The summed E-state index contributed by atoms with van der Waals surface area (Å²) in [5.74, 6) is 0. The number of aliphatic hydroxyl groups is 1. The van der Waals surface area contributed by atoms with Gasteiger partial charge in [-0.05, 0) is 23.9 Å². The molecule has 0 fully saturated rings. The molecule has 0 spiro atoms. The van der Waals surface area contributed by atoms with Crippen molar-refractivity contribution in [3.63, 3.8) is 0 Å². The van der Waals surface area contributed by atoms with Crippen LogP contribution < -0.4 is 5.43 Å². The third kappa shape index (κ3) is 1.89. The Bertz CT molecular complexity index is 707. The van der Waals surface area contributed by atoms with Gasteiger partial charge in [0.2, 0.25) is 0 Å². The molecule has 2 N–H and O–H groups in total. The number of halogens is 3. The van der Waals surface area contributed by atoms with E-state index in [9.17, 15) is 18.3 Å². The van der Waals surface area contributed by atoms with Crippen LogP contribution in [0.15, 0.2) is 29.4 Å². The lowest BCUT2D eigenvalue weighted by Gasteiger charge is -2.24. The maximum atomic E-state index is 12.8. The molecular formula is C13H11F3N2OS. The Morgan fingerprint density at radius 2 is 2.05 bits per heavy atom. The largest absolute Gasteiger partial charge is 0.438 e. The molecule has 3 rings (SSSR count). The van der Waals surface area contributed by atoms with Gasteiger partial charge in [0, 0.05) is 4.70 Å². The van der Waals surface area contributed by atoms with Crippen molar-refractivity contribution in [2.45, 2.75) is 25.2 Å². The third-order valence-electron chi connectivity index (χ3n) is 3.37. The topological polar surface area (TPSA) is 44.6 Å². The summed E-state index contributed by atoms with van der Waals surface area (Å²) in [7, 11) is 0. The molecule has 0 amide bonds. The van der Waals surface area contributed by atoms with Crippen LogP contribution in [0.4, 0.5) is 13.2 Å². The van der Waals surface area contributed by atoms with E-state index in [1.54, 1.807) is 0 Å². The van der Waals surface area contributed by atoms with Gasteiger partial charge < -0.3 is 5.11 Å². The molecule has 0 unspecified atom stereocenters. The van der Waals surface area contributed by atoms with Crippen molar-refractivity contribution < 1.29 is 18.3 Å². The number of alkyl halides is 3. The molecule has 1 atom stereocenters. The first-order valence-electron chi connectivity index (χ1n) is 5.93. The average molecular weight is 300 g/mol. The van der Waals surface area contributed by atoms with Crippen LogP contribution >= 0.6 is 11.3 Å². The van der Waals surface area contributed by atoms with Crippen molar-refractivity contribution in [3.8, 4) is 0 Å². The third-order valence-corrected chi connectivity index (χ3v) is 4.70. The van der Waals surface area contributed by atoms with Gasteiger partial charge >= 0.3 is 6.18 Å². The second-order valence-corrected chi connectivity index (χ2v) is 5.81.